The summed E-state index contributed by atoms with van der Waals surface area (Å²) < 4.78 is 5.47. The molecule has 5 heteroatoms. The number of carbonyl (C=O) groups excluding carboxylic acids is 1. The molecule has 5 nitrogen and oxygen atoms in total. The Labute approximate surface area is 138 Å². The zero-order valence-electron chi connectivity index (χ0n) is 14.3. The van der Waals surface area contributed by atoms with Crippen LogP contribution in [0.15, 0.2) is 18.2 Å². The van der Waals surface area contributed by atoms with E-state index < -0.39 is 6.10 Å². The molecule has 0 bridgehead atoms. The van der Waals surface area contributed by atoms with Gasteiger partial charge < -0.3 is 20.1 Å². The van der Waals surface area contributed by atoms with Crippen LogP contribution in [0.2, 0.25) is 0 Å². The van der Waals surface area contributed by atoms with E-state index >= 15 is 0 Å². The van der Waals surface area contributed by atoms with Gasteiger partial charge in [0.15, 0.2) is 0 Å². The van der Waals surface area contributed by atoms with E-state index in [0.717, 1.165) is 29.7 Å². The number of para-hydroxylation sites is 1. The predicted molar refractivity (Wildman–Crippen MR) is 91.8 cm³/mol. The Kier molecular flexibility index (Phi) is 6.42. The number of anilines is 1. The van der Waals surface area contributed by atoms with Crippen molar-refractivity contribution in [1.82, 2.24) is 4.90 Å². The molecule has 1 heterocycles. The number of carbonyl (C=O) groups is 1. The first kappa shape index (κ1) is 17.8. The summed E-state index contributed by atoms with van der Waals surface area (Å²) >= 11 is 0. The molecule has 0 spiro atoms. The standard InChI is InChI=1S/C18H28N2O3/c1-4-14-7-6-8-15(5-2)17(14)19-18(22)20-9-10-23-12-16(20)11-13(3)21/h6-8,13,16,21H,4-5,9-12H2,1-3H3,(H,19,22)/t13-,16-/m0/s1. The van der Waals surface area contributed by atoms with Crippen LogP contribution >= 0.6 is 0 Å². The van der Waals surface area contributed by atoms with Crippen molar-refractivity contribution in [1.29, 1.82) is 0 Å². The molecule has 0 aliphatic carbocycles. The molecule has 2 N–H and O–H groups in total. The minimum atomic E-state index is -0.453. The summed E-state index contributed by atoms with van der Waals surface area (Å²) in [7, 11) is 0. The fraction of sp³-hybridized carbons (Fsp3) is 0.611. The van der Waals surface area contributed by atoms with Crippen molar-refractivity contribution in [2.45, 2.75) is 52.2 Å². The Morgan fingerprint density at radius 3 is 2.61 bits per heavy atom. The minimum absolute atomic E-state index is 0.0809. The van der Waals surface area contributed by atoms with E-state index in [-0.39, 0.29) is 12.1 Å². The van der Waals surface area contributed by atoms with Crippen molar-refractivity contribution < 1.29 is 14.6 Å². The fourth-order valence-corrected chi connectivity index (χ4v) is 3.09. The molecule has 1 aromatic rings. The normalized spacial score (nSPS) is 19.5. The van der Waals surface area contributed by atoms with Gasteiger partial charge in [-0.25, -0.2) is 4.79 Å². The third-order valence-corrected chi connectivity index (χ3v) is 4.33. The number of hydrogen-bond donors (Lipinski definition) is 2. The molecule has 23 heavy (non-hydrogen) atoms. The number of aliphatic hydroxyl groups is 1. The van der Waals surface area contributed by atoms with Crippen LogP contribution < -0.4 is 5.32 Å². The van der Waals surface area contributed by atoms with Crippen LogP contribution in [0.4, 0.5) is 10.5 Å². The molecule has 1 aliphatic rings. The highest BCUT2D eigenvalue weighted by Gasteiger charge is 2.28. The Balaban J connectivity index is 2.17. The highest BCUT2D eigenvalue weighted by atomic mass is 16.5. The summed E-state index contributed by atoms with van der Waals surface area (Å²) in [4.78, 5) is 14.6. The molecule has 1 aromatic carbocycles. The summed E-state index contributed by atoms with van der Waals surface area (Å²) in [6.07, 6.45) is 1.84. The van der Waals surface area contributed by atoms with Crippen LogP contribution in [0.5, 0.6) is 0 Å². The first-order chi connectivity index (χ1) is 11.1. The van der Waals surface area contributed by atoms with E-state index in [4.69, 9.17) is 4.74 Å². The van der Waals surface area contributed by atoms with Crippen LogP contribution in [-0.4, -0.2) is 47.9 Å². The lowest BCUT2D eigenvalue weighted by atomic mass is 10.0. The monoisotopic (exact) mass is 320 g/mol. The van der Waals surface area contributed by atoms with Gasteiger partial charge in [0.2, 0.25) is 0 Å². The predicted octanol–water partition coefficient (Wildman–Crippen LogP) is 2.82. The number of ether oxygens (including phenoxy) is 1. The lowest BCUT2D eigenvalue weighted by Gasteiger charge is -2.36. The molecule has 1 saturated heterocycles. The molecule has 1 aliphatic heterocycles. The second kappa shape index (κ2) is 8.31. The number of nitrogens with one attached hydrogen (secondary N) is 1. The Morgan fingerprint density at radius 2 is 2.04 bits per heavy atom. The SMILES string of the molecule is CCc1cccc(CC)c1NC(=O)N1CCOC[C@@H]1C[C@H](C)O. The van der Waals surface area contributed by atoms with Gasteiger partial charge in [0.25, 0.3) is 0 Å². The lowest BCUT2D eigenvalue weighted by molar-refractivity contribution is -0.00161. The number of amides is 2. The van der Waals surface area contributed by atoms with Crippen molar-refractivity contribution in [2.75, 3.05) is 25.1 Å². The average molecular weight is 320 g/mol. The van der Waals surface area contributed by atoms with Gasteiger partial charge in [-0.3, -0.25) is 0 Å². The molecule has 1 fully saturated rings. The molecule has 2 amide bonds. The van der Waals surface area contributed by atoms with Crippen LogP contribution in [-0.2, 0) is 17.6 Å². The van der Waals surface area contributed by atoms with E-state index in [1.807, 2.05) is 6.07 Å². The van der Waals surface area contributed by atoms with Crippen molar-refractivity contribution in [3.8, 4) is 0 Å². The van der Waals surface area contributed by atoms with E-state index in [9.17, 15) is 9.90 Å². The van der Waals surface area contributed by atoms with Gasteiger partial charge in [0.05, 0.1) is 25.4 Å². The molecular weight excluding hydrogens is 292 g/mol. The van der Waals surface area contributed by atoms with Crippen LogP contribution in [0.3, 0.4) is 0 Å². The second-order valence-electron chi connectivity index (χ2n) is 6.10. The molecule has 128 valence electrons. The Morgan fingerprint density at radius 1 is 1.39 bits per heavy atom. The van der Waals surface area contributed by atoms with Crippen molar-refractivity contribution in [2.24, 2.45) is 0 Å². The summed E-state index contributed by atoms with van der Waals surface area (Å²) in [6, 6.07) is 5.97. The third-order valence-electron chi connectivity index (χ3n) is 4.33. The first-order valence-corrected chi connectivity index (χ1v) is 8.51. The van der Waals surface area contributed by atoms with Crippen LogP contribution in [0, 0.1) is 0 Å². The minimum Gasteiger partial charge on any atom is -0.393 e. The van der Waals surface area contributed by atoms with Crippen LogP contribution in [0.1, 0.15) is 38.3 Å². The quantitative estimate of drug-likeness (QED) is 0.877. The van der Waals surface area contributed by atoms with Crippen molar-refractivity contribution in [3.05, 3.63) is 29.3 Å². The molecule has 2 rings (SSSR count). The van der Waals surface area contributed by atoms with Gasteiger partial charge in [-0.2, -0.15) is 0 Å². The zero-order chi connectivity index (χ0) is 16.8. The molecular formula is C18H28N2O3. The number of urea groups is 1. The zero-order valence-corrected chi connectivity index (χ0v) is 14.3. The molecule has 0 saturated carbocycles. The van der Waals surface area contributed by atoms with E-state index in [1.165, 1.54) is 0 Å². The molecule has 0 radical (unpaired) electrons. The van der Waals surface area contributed by atoms with Crippen molar-refractivity contribution in [3.63, 3.8) is 0 Å². The van der Waals surface area contributed by atoms with Gasteiger partial charge in [-0.15, -0.1) is 0 Å². The second-order valence-corrected chi connectivity index (χ2v) is 6.10. The highest BCUT2D eigenvalue weighted by Crippen LogP contribution is 2.24. The van der Waals surface area contributed by atoms with Crippen molar-refractivity contribution >= 4 is 11.7 Å². The highest BCUT2D eigenvalue weighted by molar-refractivity contribution is 5.91. The summed E-state index contributed by atoms with van der Waals surface area (Å²) in [5.74, 6) is 0. The van der Waals surface area contributed by atoms with Gasteiger partial charge in [-0.05, 0) is 37.3 Å². The summed E-state index contributed by atoms with van der Waals surface area (Å²) in [5, 5.41) is 12.7. The number of morpholine rings is 1. The molecule has 0 unspecified atom stereocenters. The van der Waals surface area contributed by atoms with Crippen LogP contribution in [0.25, 0.3) is 0 Å². The Bertz CT molecular complexity index is 509. The average Bonchev–Trinajstić information content (AvgIpc) is 2.54. The number of rotatable bonds is 5. The van der Waals surface area contributed by atoms with Gasteiger partial charge in [0, 0.05) is 12.2 Å². The maximum Gasteiger partial charge on any atom is 0.322 e. The van der Waals surface area contributed by atoms with Gasteiger partial charge in [-0.1, -0.05) is 32.0 Å². The lowest BCUT2D eigenvalue weighted by Crippen LogP contribution is -2.51. The van der Waals surface area contributed by atoms with E-state index in [1.54, 1.807) is 11.8 Å². The number of aliphatic hydroxyl groups excluding tert-OH is 1. The van der Waals surface area contributed by atoms with Gasteiger partial charge >= 0.3 is 6.03 Å². The largest absolute Gasteiger partial charge is 0.393 e. The summed E-state index contributed by atoms with van der Waals surface area (Å²) in [6.45, 7) is 7.50. The van der Waals surface area contributed by atoms with Gasteiger partial charge in [0.1, 0.15) is 0 Å². The topological polar surface area (TPSA) is 61.8 Å². The molecule has 0 aromatic heterocycles. The van der Waals surface area contributed by atoms with E-state index in [0.29, 0.717) is 26.2 Å². The molecule has 2 atom stereocenters. The Hall–Kier alpha value is -1.59. The third kappa shape index (κ3) is 4.45. The van der Waals surface area contributed by atoms with E-state index in [2.05, 4.69) is 31.3 Å². The maximum atomic E-state index is 12.8. The smallest absolute Gasteiger partial charge is 0.322 e. The number of hydrogen-bond acceptors (Lipinski definition) is 3. The summed E-state index contributed by atoms with van der Waals surface area (Å²) in [5.41, 5.74) is 3.24. The number of nitrogens with zero attached hydrogens (tertiary/aromatic N) is 1. The number of benzene rings is 1. The number of aryl methyl sites for hydroxylation is 2. The first-order valence-electron chi connectivity index (χ1n) is 8.51. The maximum absolute atomic E-state index is 12.8. The fourth-order valence-electron chi connectivity index (χ4n) is 3.09.